The summed E-state index contributed by atoms with van der Waals surface area (Å²) in [6.45, 7) is 0.137. The van der Waals surface area contributed by atoms with Gasteiger partial charge in [0.2, 0.25) is 0 Å². The van der Waals surface area contributed by atoms with E-state index in [0.29, 0.717) is 16.0 Å². The Kier molecular flexibility index (Phi) is 5.31. The van der Waals surface area contributed by atoms with E-state index >= 15 is 0 Å². The Morgan fingerprint density at radius 2 is 1.78 bits per heavy atom. The number of para-hydroxylation sites is 1. The third kappa shape index (κ3) is 4.76. The maximum atomic E-state index is 12.5. The van der Waals surface area contributed by atoms with Gasteiger partial charge in [0.05, 0.1) is 0 Å². The normalized spacial score (nSPS) is 11.2. The Morgan fingerprint density at radius 1 is 1.11 bits per heavy atom. The lowest BCUT2D eigenvalue weighted by molar-refractivity contribution is -0.274. The van der Waals surface area contributed by atoms with E-state index in [0.717, 1.165) is 5.69 Å². The number of nitrogens with zero attached hydrogens (tertiary/aromatic N) is 1. The van der Waals surface area contributed by atoms with Crippen molar-refractivity contribution >= 4 is 18.1 Å². The standard InChI is InChI=1S/C18H14F3N3O2S/c19-18(20,21)26-14-8-6-12(7-9-14)10-22-16(25)15-11-23-17(27)24(15)13-4-2-1-3-5-13/h1-9,11H,10H2,(H,22,25)(H,23,27). The van der Waals surface area contributed by atoms with Crippen LogP contribution in [0, 0.1) is 4.77 Å². The number of carbonyl (C=O) groups excluding carboxylic acids is 1. The summed E-state index contributed by atoms with van der Waals surface area (Å²) in [6, 6.07) is 14.4. The molecule has 1 aromatic heterocycles. The van der Waals surface area contributed by atoms with Crippen molar-refractivity contribution in [1.29, 1.82) is 0 Å². The van der Waals surface area contributed by atoms with Gasteiger partial charge in [0.25, 0.3) is 5.91 Å². The van der Waals surface area contributed by atoms with Crippen LogP contribution in [0.4, 0.5) is 13.2 Å². The Morgan fingerprint density at radius 3 is 2.41 bits per heavy atom. The number of rotatable bonds is 5. The van der Waals surface area contributed by atoms with Crippen LogP contribution in [0.25, 0.3) is 5.69 Å². The van der Waals surface area contributed by atoms with Gasteiger partial charge in [-0.25, -0.2) is 0 Å². The zero-order chi connectivity index (χ0) is 19.4. The SMILES string of the molecule is O=C(NCc1ccc(OC(F)(F)F)cc1)c1c[nH]c(=S)n1-c1ccccc1. The van der Waals surface area contributed by atoms with E-state index in [1.165, 1.54) is 30.5 Å². The van der Waals surface area contributed by atoms with Gasteiger partial charge < -0.3 is 15.0 Å². The van der Waals surface area contributed by atoms with E-state index in [-0.39, 0.29) is 18.2 Å². The molecule has 0 atom stereocenters. The predicted octanol–water partition coefficient (Wildman–Crippen LogP) is 4.36. The zero-order valence-corrected chi connectivity index (χ0v) is 14.6. The van der Waals surface area contributed by atoms with E-state index in [1.807, 2.05) is 30.3 Å². The zero-order valence-electron chi connectivity index (χ0n) is 13.8. The number of aromatic amines is 1. The van der Waals surface area contributed by atoms with Crippen LogP contribution in [0.3, 0.4) is 0 Å². The van der Waals surface area contributed by atoms with E-state index < -0.39 is 6.36 Å². The number of benzene rings is 2. The van der Waals surface area contributed by atoms with E-state index in [1.54, 1.807) is 4.57 Å². The second kappa shape index (κ2) is 7.67. The summed E-state index contributed by atoms with van der Waals surface area (Å²) in [5, 5.41) is 2.72. The Balaban J connectivity index is 1.70. The lowest BCUT2D eigenvalue weighted by Gasteiger charge is -2.11. The number of H-pyrrole nitrogens is 1. The lowest BCUT2D eigenvalue weighted by atomic mass is 10.2. The van der Waals surface area contributed by atoms with Crippen LogP contribution in [0.2, 0.25) is 0 Å². The van der Waals surface area contributed by atoms with Gasteiger partial charge in [-0.2, -0.15) is 0 Å². The minimum absolute atomic E-state index is 0.137. The van der Waals surface area contributed by atoms with Gasteiger partial charge in [-0.1, -0.05) is 30.3 Å². The molecule has 3 aromatic rings. The maximum Gasteiger partial charge on any atom is 0.573 e. The quantitative estimate of drug-likeness (QED) is 0.633. The van der Waals surface area contributed by atoms with Crippen molar-refractivity contribution in [3.05, 3.63) is 76.8 Å². The molecule has 0 aliphatic rings. The molecule has 2 aromatic carbocycles. The highest BCUT2D eigenvalue weighted by molar-refractivity contribution is 7.71. The van der Waals surface area contributed by atoms with E-state index in [9.17, 15) is 18.0 Å². The van der Waals surface area contributed by atoms with Crippen molar-refractivity contribution in [3.8, 4) is 11.4 Å². The number of nitrogens with one attached hydrogen (secondary N) is 2. The number of hydrogen-bond acceptors (Lipinski definition) is 3. The van der Waals surface area contributed by atoms with Gasteiger partial charge in [-0.3, -0.25) is 9.36 Å². The number of ether oxygens (including phenoxy) is 1. The molecule has 0 aliphatic carbocycles. The number of alkyl halides is 3. The van der Waals surface area contributed by atoms with Gasteiger partial charge >= 0.3 is 6.36 Å². The Hall–Kier alpha value is -3.07. The molecule has 9 heteroatoms. The summed E-state index contributed by atoms with van der Waals surface area (Å²) < 4.78 is 42.3. The Bertz CT molecular complexity index is 980. The summed E-state index contributed by atoms with van der Waals surface area (Å²) in [7, 11) is 0. The largest absolute Gasteiger partial charge is 0.573 e. The molecule has 3 rings (SSSR count). The minimum Gasteiger partial charge on any atom is -0.406 e. The first kappa shape index (κ1) is 18.7. The number of aromatic nitrogens is 2. The predicted molar refractivity (Wildman–Crippen MR) is 95.2 cm³/mol. The highest BCUT2D eigenvalue weighted by Crippen LogP contribution is 2.22. The van der Waals surface area contributed by atoms with Gasteiger partial charge in [0.15, 0.2) is 4.77 Å². The first-order chi connectivity index (χ1) is 12.8. The van der Waals surface area contributed by atoms with Crippen molar-refractivity contribution in [2.75, 3.05) is 0 Å². The number of amides is 1. The van der Waals surface area contributed by atoms with Crippen LogP contribution < -0.4 is 10.1 Å². The van der Waals surface area contributed by atoms with Crippen molar-refractivity contribution < 1.29 is 22.7 Å². The van der Waals surface area contributed by atoms with E-state index in [4.69, 9.17) is 12.2 Å². The van der Waals surface area contributed by atoms with Crippen molar-refractivity contribution in [3.63, 3.8) is 0 Å². The summed E-state index contributed by atoms with van der Waals surface area (Å²) in [4.78, 5) is 15.3. The van der Waals surface area contributed by atoms with Crippen LogP contribution in [0.1, 0.15) is 16.1 Å². The molecule has 1 heterocycles. The van der Waals surface area contributed by atoms with Crippen molar-refractivity contribution in [2.45, 2.75) is 12.9 Å². The molecular weight excluding hydrogens is 379 g/mol. The molecule has 5 nitrogen and oxygen atoms in total. The second-order valence-corrected chi connectivity index (χ2v) is 5.91. The molecule has 0 spiro atoms. The van der Waals surface area contributed by atoms with E-state index in [2.05, 4.69) is 15.0 Å². The third-order valence-electron chi connectivity index (χ3n) is 3.63. The molecule has 0 saturated heterocycles. The van der Waals surface area contributed by atoms with Gasteiger partial charge in [0.1, 0.15) is 11.4 Å². The molecule has 0 unspecified atom stereocenters. The summed E-state index contributed by atoms with van der Waals surface area (Å²) in [6.07, 6.45) is -3.23. The molecule has 0 bridgehead atoms. The van der Waals surface area contributed by atoms with Crippen LogP contribution in [-0.2, 0) is 6.54 Å². The molecular formula is C18H14F3N3O2S. The molecule has 140 valence electrons. The third-order valence-corrected chi connectivity index (χ3v) is 3.93. The number of hydrogen-bond donors (Lipinski definition) is 2. The van der Waals surface area contributed by atoms with Gasteiger partial charge in [0, 0.05) is 18.4 Å². The van der Waals surface area contributed by atoms with Crippen LogP contribution in [-0.4, -0.2) is 21.8 Å². The average molecular weight is 393 g/mol. The van der Waals surface area contributed by atoms with Crippen LogP contribution >= 0.6 is 12.2 Å². The monoisotopic (exact) mass is 393 g/mol. The molecule has 0 aliphatic heterocycles. The van der Waals surface area contributed by atoms with Crippen LogP contribution in [0.5, 0.6) is 5.75 Å². The highest BCUT2D eigenvalue weighted by atomic mass is 32.1. The molecule has 0 saturated carbocycles. The first-order valence-corrected chi connectivity index (χ1v) is 8.23. The Labute approximate surface area is 157 Å². The van der Waals surface area contributed by atoms with Crippen molar-refractivity contribution in [2.24, 2.45) is 0 Å². The summed E-state index contributed by atoms with van der Waals surface area (Å²) >= 11 is 5.23. The topological polar surface area (TPSA) is 59.0 Å². The first-order valence-electron chi connectivity index (χ1n) is 7.82. The lowest BCUT2D eigenvalue weighted by Crippen LogP contribution is -2.25. The second-order valence-electron chi connectivity index (χ2n) is 5.52. The highest BCUT2D eigenvalue weighted by Gasteiger charge is 2.30. The fraction of sp³-hybridized carbons (Fsp3) is 0.111. The molecule has 0 fully saturated rings. The number of imidazole rings is 1. The smallest absolute Gasteiger partial charge is 0.406 e. The average Bonchev–Trinajstić information content (AvgIpc) is 3.02. The number of halogens is 3. The fourth-order valence-electron chi connectivity index (χ4n) is 2.45. The molecule has 1 amide bonds. The minimum atomic E-state index is -4.74. The summed E-state index contributed by atoms with van der Waals surface area (Å²) in [5.74, 6) is -0.692. The molecule has 27 heavy (non-hydrogen) atoms. The summed E-state index contributed by atoms with van der Waals surface area (Å²) in [5.41, 5.74) is 1.68. The van der Waals surface area contributed by atoms with Gasteiger partial charge in [-0.05, 0) is 42.0 Å². The molecule has 0 radical (unpaired) electrons. The number of carbonyl (C=O) groups is 1. The van der Waals surface area contributed by atoms with Gasteiger partial charge in [-0.15, -0.1) is 13.2 Å². The van der Waals surface area contributed by atoms with Crippen LogP contribution in [0.15, 0.2) is 60.8 Å². The van der Waals surface area contributed by atoms with Crippen molar-refractivity contribution in [1.82, 2.24) is 14.9 Å². The molecule has 2 N–H and O–H groups in total. The fourth-order valence-corrected chi connectivity index (χ4v) is 2.71. The maximum absolute atomic E-state index is 12.5.